The van der Waals surface area contributed by atoms with Crippen LogP contribution in [0.5, 0.6) is 0 Å². The third kappa shape index (κ3) is 61.1. The van der Waals surface area contributed by atoms with E-state index in [0.29, 0.717) is 6.42 Å². The Morgan fingerprint density at radius 1 is 0.400 bits per heavy atom. The number of phosphoric acid groups is 1. The van der Waals surface area contributed by atoms with Gasteiger partial charge in [0.15, 0.2) is 6.10 Å². The molecule has 0 aliphatic carbocycles. The summed E-state index contributed by atoms with van der Waals surface area (Å²) >= 11 is 0. The van der Waals surface area contributed by atoms with Crippen molar-refractivity contribution in [2.45, 2.75) is 328 Å². The fourth-order valence-electron chi connectivity index (χ4n) is 9.41. The number of hydrogen-bond donors (Lipinski definition) is 2. The predicted octanol–water partition coefficient (Wildman–Crippen LogP) is 20.5. The quantitative estimate of drug-likeness (QED) is 0.0264. The fraction of sp³-hybridized carbons (Fsp3) is 0.846. The largest absolute Gasteiger partial charge is 0.472 e. The standard InChI is InChI=1S/C65H122NO8P/c1-3-5-7-9-11-13-15-17-19-21-23-25-27-28-29-30-31-32-33-34-36-38-40-42-44-46-48-50-52-54-56-58-65(68)74-63(62-73-75(69,70)72-60-59-66)61-71-64(67)57-55-53-51-49-47-45-43-41-39-37-35-26-24-22-20-18-16-14-12-10-8-6-4-2/h15,17,21-24,27-28,63H,3-14,16,18-20,25-26,29-62,66H2,1-2H3,(H,69,70)/b17-15-,23-21-,24-22-,28-27-. The molecule has 0 aliphatic rings. The molecule has 0 fully saturated rings. The first-order chi connectivity index (χ1) is 36.8. The van der Waals surface area contributed by atoms with Gasteiger partial charge in [-0.1, -0.05) is 281 Å². The van der Waals surface area contributed by atoms with E-state index in [1.807, 2.05) is 0 Å². The molecule has 0 aromatic carbocycles. The monoisotopic (exact) mass is 1080 g/mol. The molecule has 0 saturated heterocycles. The van der Waals surface area contributed by atoms with E-state index in [4.69, 9.17) is 24.3 Å². The van der Waals surface area contributed by atoms with Crippen molar-refractivity contribution >= 4 is 19.8 Å². The number of rotatable bonds is 61. The smallest absolute Gasteiger partial charge is 0.462 e. The van der Waals surface area contributed by atoms with Gasteiger partial charge in [0.25, 0.3) is 0 Å². The molecule has 10 heteroatoms. The van der Waals surface area contributed by atoms with Crippen LogP contribution in [0.3, 0.4) is 0 Å². The Balaban J connectivity index is 3.89. The molecular formula is C65H122NO8P. The summed E-state index contributed by atoms with van der Waals surface area (Å²) in [5.74, 6) is -0.814. The minimum Gasteiger partial charge on any atom is -0.462 e. The van der Waals surface area contributed by atoms with Crippen molar-refractivity contribution < 1.29 is 37.6 Å². The molecule has 2 unspecified atom stereocenters. The molecule has 0 aromatic rings. The van der Waals surface area contributed by atoms with E-state index in [2.05, 4.69) is 62.5 Å². The molecule has 0 amide bonds. The van der Waals surface area contributed by atoms with Gasteiger partial charge in [0, 0.05) is 19.4 Å². The second-order valence-electron chi connectivity index (χ2n) is 21.6. The Bertz CT molecular complexity index is 1370. The molecule has 0 spiro atoms. The highest BCUT2D eigenvalue weighted by atomic mass is 31.2. The van der Waals surface area contributed by atoms with E-state index in [1.165, 1.54) is 238 Å². The summed E-state index contributed by atoms with van der Waals surface area (Å²) in [6.07, 6.45) is 76.1. The van der Waals surface area contributed by atoms with Crippen molar-refractivity contribution in [3.8, 4) is 0 Å². The number of carbonyl (C=O) groups is 2. The molecule has 0 aliphatic heterocycles. The second-order valence-corrected chi connectivity index (χ2v) is 23.1. The first kappa shape index (κ1) is 73.0. The third-order valence-electron chi connectivity index (χ3n) is 14.2. The lowest BCUT2D eigenvalue weighted by atomic mass is 10.0. The van der Waals surface area contributed by atoms with Crippen molar-refractivity contribution in [3.63, 3.8) is 0 Å². The zero-order valence-corrected chi connectivity index (χ0v) is 50.2. The summed E-state index contributed by atoms with van der Waals surface area (Å²) in [6.45, 7) is 3.78. The van der Waals surface area contributed by atoms with Gasteiger partial charge < -0.3 is 20.1 Å². The number of carbonyl (C=O) groups excluding carboxylic acids is 2. The molecule has 2 atom stereocenters. The highest BCUT2D eigenvalue weighted by Gasteiger charge is 2.26. The van der Waals surface area contributed by atoms with Gasteiger partial charge in [-0.05, 0) is 77.0 Å². The number of ether oxygens (including phenoxy) is 2. The predicted molar refractivity (Wildman–Crippen MR) is 321 cm³/mol. The van der Waals surface area contributed by atoms with E-state index in [9.17, 15) is 19.0 Å². The normalized spacial score (nSPS) is 13.3. The summed E-state index contributed by atoms with van der Waals surface area (Å²) in [5, 5.41) is 0. The average molecular weight is 1080 g/mol. The van der Waals surface area contributed by atoms with Crippen LogP contribution in [0, 0.1) is 0 Å². The van der Waals surface area contributed by atoms with E-state index in [-0.39, 0.29) is 38.6 Å². The molecule has 0 radical (unpaired) electrons. The average Bonchev–Trinajstić information content (AvgIpc) is 3.40. The molecule has 0 bridgehead atoms. The summed E-state index contributed by atoms with van der Waals surface area (Å²) in [6, 6.07) is 0. The third-order valence-corrected chi connectivity index (χ3v) is 15.2. The lowest BCUT2D eigenvalue weighted by Crippen LogP contribution is -2.29. The highest BCUT2D eigenvalue weighted by Crippen LogP contribution is 2.43. The van der Waals surface area contributed by atoms with Gasteiger partial charge >= 0.3 is 19.8 Å². The Kier molecular flexibility index (Phi) is 59.5. The summed E-state index contributed by atoms with van der Waals surface area (Å²) in [7, 11) is -4.39. The summed E-state index contributed by atoms with van der Waals surface area (Å²) in [4.78, 5) is 35.3. The van der Waals surface area contributed by atoms with Gasteiger partial charge in [0.2, 0.25) is 0 Å². The van der Waals surface area contributed by atoms with Crippen LogP contribution in [0.25, 0.3) is 0 Å². The van der Waals surface area contributed by atoms with Gasteiger partial charge in [-0.2, -0.15) is 0 Å². The van der Waals surface area contributed by atoms with Crippen LogP contribution in [0.4, 0.5) is 0 Å². The molecule has 440 valence electrons. The minimum absolute atomic E-state index is 0.0540. The van der Waals surface area contributed by atoms with Gasteiger partial charge in [-0.15, -0.1) is 0 Å². The van der Waals surface area contributed by atoms with Crippen LogP contribution in [0.2, 0.25) is 0 Å². The van der Waals surface area contributed by atoms with E-state index in [1.54, 1.807) is 0 Å². The molecule has 75 heavy (non-hydrogen) atoms. The van der Waals surface area contributed by atoms with Gasteiger partial charge in [-0.25, -0.2) is 4.57 Å². The Hall–Kier alpha value is -2.03. The number of nitrogens with two attached hydrogens (primary N) is 1. The van der Waals surface area contributed by atoms with Crippen LogP contribution >= 0.6 is 7.82 Å². The van der Waals surface area contributed by atoms with Gasteiger partial charge in [0.1, 0.15) is 6.61 Å². The van der Waals surface area contributed by atoms with Gasteiger partial charge in [0.05, 0.1) is 13.2 Å². The number of allylic oxidation sites excluding steroid dienone is 8. The van der Waals surface area contributed by atoms with Crippen LogP contribution in [-0.2, 0) is 32.7 Å². The maximum Gasteiger partial charge on any atom is 0.472 e. The minimum atomic E-state index is -4.39. The number of unbranched alkanes of at least 4 members (excludes halogenated alkanes) is 40. The van der Waals surface area contributed by atoms with Crippen LogP contribution in [0.1, 0.15) is 322 Å². The number of esters is 2. The van der Waals surface area contributed by atoms with Crippen molar-refractivity contribution in [1.29, 1.82) is 0 Å². The number of hydrogen-bond acceptors (Lipinski definition) is 8. The maximum atomic E-state index is 12.7. The summed E-state index contributed by atoms with van der Waals surface area (Å²) < 4.78 is 33.1. The Morgan fingerprint density at radius 2 is 0.693 bits per heavy atom. The molecule has 0 saturated carbocycles. The highest BCUT2D eigenvalue weighted by molar-refractivity contribution is 7.47. The van der Waals surface area contributed by atoms with E-state index < -0.39 is 26.5 Å². The molecule has 3 N–H and O–H groups in total. The van der Waals surface area contributed by atoms with E-state index >= 15 is 0 Å². The molecular weight excluding hydrogens is 954 g/mol. The van der Waals surface area contributed by atoms with Crippen molar-refractivity contribution in [2.24, 2.45) is 5.73 Å². The SMILES string of the molecule is CCCCCCC/C=C\C/C=C\C/C=C\CCCCCCCCCCCCCCCCCCC(=O)OC(COC(=O)CCCCCCCCCCCCC/C=C\CCCCCCCCCC)COP(=O)(O)OCCN. The molecule has 0 aromatic heterocycles. The van der Waals surface area contributed by atoms with Crippen LogP contribution in [0.15, 0.2) is 48.6 Å². The zero-order valence-electron chi connectivity index (χ0n) is 49.3. The van der Waals surface area contributed by atoms with Crippen molar-refractivity contribution in [1.82, 2.24) is 0 Å². The van der Waals surface area contributed by atoms with Crippen molar-refractivity contribution in [3.05, 3.63) is 48.6 Å². The zero-order chi connectivity index (χ0) is 54.5. The molecule has 0 heterocycles. The van der Waals surface area contributed by atoms with E-state index in [0.717, 1.165) is 51.4 Å². The summed E-state index contributed by atoms with van der Waals surface area (Å²) in [5.41, 5.74) is 5.39. The van der Waals surface area contributed by atoms with Crippen molar-refractivity contribution in [2.75, 3.05) is 26.4 Å². The molecule has 9 nitrogen and oxygen atoms in total. The first-order valence-corrected chi connectivity index (χ1v) is 33.6. The maximum absolute atomic E-state index is 12.7. The molecule has 0 rings (SSSR count). The van der Waals surface area contributed by atoms with Crippen LogP contribution < -0.4 is 5.73 Å². The van der Waals surface area contributed by atoms with Crippen LogP contribution in [-0.4, -0.2) is 49.3 Å². The Labute approximate surface area is 464 Å². The lowest BCUT2D eigenvalue weighted by molar-refractivity contribution is -0.161. The number of phosphoric ester groups is 1. The topological polar surface area (TPSA) is 134 Å². The van der Waals surface area contributed by atoms with Gasteiger partial charge in [-0.3, -0.25) is 18.6 Å². The second kappa shape index (κ2) is 61.2. The fourth-order valence-corrected chi connectivity index (χ4v) is 10.2. The Morgan fingerprint density at radius 3 is 1.04 bits per heavy atom. The lowest BCUT2D eigenvalue weighted by Gasteiger charge is -2.19. The first-order valence-electron chi connectivity index (χ1n) is 32.1.